The maximum Gasteiger partial charge on any atom is 0.341 e. The van der Waals surface area contributed by atoms with Gasteiger partial charge in [0.1, 0.15) is 0 Å². The number of hydrogen-bond donors (Lipinski definition) is 1. The third-order valence-corrected chi connectivity index (χ3v) is 4.85. The van der Waals surface area contributed by atoms with Gasteiger partial charge in [0, 0.05) is 50.7 Å². The summed E-state index contributed by atoms with van der Waals surface area (Å²) in [6.07, 6.45) is 2.37. The maximum atomic E-state index is 12.4. The number of nitrogens with zero attached hydrogens (tertiary/aromatic N) is 3. The molecule has 3 rings (SSSR count). The SMILES string of the molecule is CN(C)c1ccc([N+](=O)[O-])cc1C(=O)OCC(=O)Nc1ccc(N2CCCC2)cc1. The molecule has 0 atom stereocenters. The molecule has 9 nitrogen and oxygen atoms in total. The lowest BCUT2D eigenvalue weighted by Gasteiger charge is -2.18. The third kappa shape index (κ3) is 5.05. The molecule has 9 heteroatoms. The molecule has 0 radical (unpaired) electrons. The van der Waals surface area contributed by atoms with Crippen molar-refractivity contribution in [2.24, 2.45) is 0 Å². The fourth-order valence-corrected chi connectivity index (χ4v) is 3.33. The molecular weight excluding hydrogens is 388 g/mol. The first-order chi connectivity index (χ1) is 14.3. The van der Waals surface area contributed by atoms with Gasteiger partial charge in [0.2, 0.25) is 0 Å². The van der Waals surface area contributed by atoms with Crippen molar-refractivity contribution in [2.45, 2.75) is 12.8 Å². The highest BCUT2D eigenvalue weighted by Gasteiger charge is 2.20. The molecule has 0 aromatic heterocycles. The Kier molecular flexibility index (Phi) is 6.51. The van der Waals surface area contributed by atoms with Crippen molar-refractivity contribution >= 4 is 34.6 Å². The summed E-state index contributed by atoms with van der Waals surface area (Å²) in [7, 11) is 3.41. The fraction of sp³-hybridized carbons (Fsp3) is 0.333. The first kappa shape index (κ1) is 21.1. The van der Waals surface area contributed by atoms with Crippen LogP contribution in [0.4, 0.5) is 22.7 Å². The number of ether oxygens (including phenoxy) is 1. The van der Waals surface area contributed by atoms with Crippen molar-refractivity contribution in [2.75, 3.05) is 48.9 Å². The van der Waals surface area contributed by atoms with Crippen LogP contribution in [0.1, 0.15) is 23.2 Å². The Balaban J connectivity index is 1.59. The number of nitro groups is 1. The van der Waals surface area contributed by atoms with Gasteiger partial charge in [-0.3, -0.25) is 14.9 Å². The average molecular weight is 412 g/mol. The molecule has 2 aromatic carbocycles. The standard InChI is InChI=1S/C21H24N4O5/c1-23(2)19-10-9-17(25(28)29)13-18(19)21(27)30-14-20(26)22-15-5-7-16(8-6-15)24-11-3-4-12-24/h5-10,13H,3-4,11-12,14H2,1-2H3,(H,22,26). The van der Waals surface area contributed by atoms with Crippen molar-refractivity contribution < 1.29 is 19.2 Å². The highest BCUT2D eigenvalue weighted by Crippen LogP contribution is 2.25. The van der Waals surface area contributed by atoms with E-state index >= 15 is 0 Å². The van der Waals surface area contributed by atoms with E-state index in [2.05, 4.69) is 10.2 Å². The van der Waals surface area contributed by atoms with Gasteiger partial charge >= 0.3 is 5.97 Å². The lowest BCUT2D eigenvalue weighted by Crippen LogP contribution is -2.22. The summed E-state index contributed by atoms with van der Waals surface area (Å²) in [5.41, 5.74) is 1.97. The van der Waals surface area contributed by atoms with Crippen LogP contribution in [0.2, 0.25) is 0 Å². The van der Waals surface area contributed by atoms with Gasteiger partial charge in [0.25, 0.3) is 11.6 Å². The monoisotopic (exact) mass is 412 g/mol. The van der Waals surface area contributed by atoms with Crippen molar-refractivity contribution in [1.29, 1.82) is 0 Å². The number of nitro benzene ring substituents is 1. The van der Waals surface area contributed by atoms with Crippen molar-refractivity contribution in [3.63, 3.8) is 0 Å². The number of rotatable bonds is 7. The minimum Gasteiger partial charge on any atom is -0.452 e. The third-order valence-electron chi connectivity index (χ3n) is 4.85. The second-order valence-corrected chi connectivity index (χ2v) is 7.22. The number of esters is 1. The molecule has 1 N–H and O–H groups in total. The highest BCUT2D eigenvalue weighted by molar-refractivity contribution is 5.99. The maximum absolute atomic E-state index is 12.4. The van der Waals surface area contributed by atoms with E-state index in [0.717, 1.165) is 24.8 Å². The Hall–Kier alpha value is -3.62. The Labute approximate surface area is 174 Å². The average Bonchev–Trinajstić information content (AvgIpc) is 3.27. The van der Waals surface area contributed by atoms with Crippen LogP contribution in [0.15, 0.2) is 42.5 Å². The van der Waals surface area contributed by atoms with Crippen LogP contribution in [0.5, 0.6) is 0 Å². The first-order valence-corrected chi connectivity index (χ1v) is 9.63. The Bertz CT molecular complexity index is 937. The van der Waals surface area contributed by atoms with Gasteiger partial charge in [0.15, 0.2) is 6.61 Å². The molecule has 0 unspecified atom stereocenters. The number of benzene rings is 2. The zero-order valence-corrected chi connectivity index (χ0v) is 17.0. The smallest absolute Gasteiger partial charge is 0.341 e. The zero-order chi connectivity index (χ0) is 21.7. The molecule has 0 bridgehead atoms. The van der Waals surface area contributed by atoms with E-state index in [9.17, 15) is 19.7 Å². The number of carbonyl (C=O) groups is 2. The van der Waals surface area contributed by atoms with Crippen LogP contribution >= 0.6 is 0 Å². The summed E-state index contributed by atoms with van der Waals surface area (Å²) < 4.78 is 5.08. The van der Waals surface area contributed by atoms with E-state index in [4.69, 9.17) is 4.74 Å². The number of non-ortho nitro benzene ring substituents is 1. The van der Waals surface area contributed by atoms with Gasteiger partial charge in [-0.1, -0.05) is 0 Å². The van der Waals surface area contributed by atoms with Crippen LogP contribution in [0.25, 0.3) is 0 Å². The Morgan fingerprint density at radius 3 is 2.40 bits per heavy atom. The molecule has 30 heavy (non-hydrogen) atoms. The molecule has 0 saturated carbocycles. The zero-order valence-electron chi connectivity index (χ0n) is 17.0. The summed E-state index contributed by atoms with van der Waals surface area (Å²) in [6, 6.07) is 11.4. The van der Waals surface area contributed by atoms with E-state index in [0.29, 0.717) is 11.4 Å². The Morgan fingerprint density at radius 1 is 1.13 bits per heavy atom. The molecule has 158 valence electrons. The molecule has 1 saturated heterocycles. The second kappa shape index (κ2) is 9.25. The molecule has 2 aromatic rings. The summed E-state index contributed by atoms with van der Waals surface area (Å²) in [5.74, 6) is -1.30. The van der Waals surface area contributed by atoms with Crippen molar-refractivity contribution in [1.82, 2.24) is 0 Å². The molecule has 1 aliphatic rings. The lowest BCUT2D eigenvalue weighted by molar-refractivity contribution is -0.384. The molecule has 1 heterocycles. The number of amides is 1. The van der Waals surface area contributed by atoms with Crippen LogP contribution in [0, 0.1) is 10.1 Å². The molecule has 1 fully saturated rings. The summed E-state index contributed by atoms with van der Waals surface area (Å²) in [4.78, 5) is 38.9. The molecule has 0 spiro atoms. The molecule has 0 aliphatic carbocycles. The van der Waals surface area contributed by atoms with Gasteiger partial charge in [-0.15, -0.1) is 0 Å². The van der Waals surface area contributed by atoms with E-state index in [1.807, 2.05) is 12.1 Å². The van der Waals surface area contributed by atoms with Crippen molar-refractivity contribution in [3.05, 3.63) is 58.1 Å². The molecule has 1 aliphatic heterocycles. The van der Waals surface area contributed by atoms with Gasteiger partial charge < -0.3 is 19.9 Å². The van der Waals surface area contributed by atoms with Gasteiger partial charge in [-0.25, -0.2) is 4.79 Å². The van der Waals surface area contributed by atoms with Crippen LogP contribution in [-0.4, -0.2) is 50.6 Å². The van der Waals surface area contributed by atoms with E-state index in [1.54, 1.807) is 31.1 Å². The summed E-state index contributed by atoms with van der Waals surface area (Å²) in [6.45, 7) is 1.57. The largest absolute Gasteiger partial charge is 0.452 e. The number of anilines is 3. The van der Waals surface area contributed by atoms with Crippen LogP contribution < -0.4 is 15.1 Å². The predicted molar refractivity (Wildman–Crippen MR) is 114 cm³/mol. The highest BCUT2D eigenvalue weighted by atomic mass is 16.6. The Morgan fingerprint density at radius 2 is 1.80 bits per heavy atom. The quantitative estimate of drug-likeness (QED) is 0.423. The van der Waals surface area contributed by atoms with Gasteiger partial charge in [0.05, 0.1) is 16.2 Å². The van der Waals surface area contributed by atoms with Gasteiger partial charge in [-0.05, 0) is 43.2 Å². The van der Waals surface area contributed by atoms with Crippen LogP contribution in [-0.2, 0) is 9.53 Å². The normalized spacial score (nSPS) is 13.1. The molecular formula is C21H24N4O5. The first-order valence-electron chi connectivity index (χ1n) is 9.63. The number of hydrogen-bond acceptors (Lipinski definition) is 7. The topological polar surface area (TPSA) is 105 Å². The summed E-state index contributed by atoms with van der Waals surface area (Å²) >= 11 is 0. The number of carbonyl (C=O) groups excluding carboxylic acids is 2. The van der Waals surface area contributed by atoms with E-state index in [1.165, 1.54) is 25.0 Å². The lowest BCUT2D eigenvalue weighted by atomic mass is 10.1. The van der Waals surface area contributed by atoms with Crippen LogP contribution in [0.3, 0.4) is 0 Å². The molecule has 1 amide bonds. The number of nitrogens with one attached hydrogen (secondary N) is 1. The van der Waals surface area contributed by atoms with Gasteiger partial charge in [-0.2, -0.15) is 0 Å². The minimum atomic E-state index is -0.804. The fourth-order valence-electron chi connectivity index (χ4n) is 3.33. The van der Waals surface area contributed by atoms with E-state index in [-0.39, 0.29) is 11.3 Å². The minimum absolute atomic E-state index is 0.0250. The summed E-state index contributed by atoms with van der Waals surface area (Å²) in [5, 5.41) is 13.7. The van der Waals surface area contributed by atoms with Crippen molar-refractivity contribution in [3.8, 4) is 0 Å². The second-order valence-electron chi connectivity index (χ2n) is 7.22. The van der Waals surface area contributed by atoms with E-state index < -0.39 is 23.4 Å². The predicted octanol–water partition coefficient (Wildman–Crippen LogP) is 3.06.